The number of hydrogen-bond acceptors (Lipinski definition) is 2. The molecular weight excluding hydrogens is 282 g/mol. The van der Waals surface area contributed by atoms with E-state index in [-0.39, 0.29) is 5.41 Å². The Morgan fingerprint density at radius 2 is 1.65 bits per heavy atom. The summed E-state index contributed by atoms with van der Waals surface area (Å²) in [6.45, 7) is 3.22. The Hall–Kier alpha value is -1.64. The van der Waals surface area contributed by atoms with Gasteiger partial charge in [-0.15, -0.1) is 0 Å². The molecule has 122 valence electrons. The van der Waals surface area contributed by atoms with Gasteiger partial charge >= 0.3 is 0 Å². The second kappa shape index (κ2) is 6.10. The molecule has 0 saturated heterocycles. The van der Waals surface area contributed by atoms with Gasteiger partial charge < -0.3 is 10.0 Å². The maximum absolute atomic E-state index is 11.8. The van der Waals surface area contributed by atoms with Gasteiger partial charge in [0.1, 0.15) is 0 Å². The van der Waals surface area contributed by atoms with Crippen LogP contribution in [-0.4, -0.2) is 30.6 Å². The molecule has 0 bridgehead atoms. The molecule has 3 rings (SSSR count). The van der Waals surface area contributed by atoms with Crippen LogP contribution in [0.3, 0.4) is 0 Å². The fourth-order valence-corrected chi connectivity index (χ4v) is 4.11. The number of fused-ring (bicyclic) bond motifs is 1. The van der Waals surface area contributed by atoms with Gasteiger partial charge in [0.05, 0.1) is 5.60 Å². The molecule has 0 radical (unpaired) electrons. The first-order valence-corrected chi connectivity index (χ1v) is 8.48. The number of rotatable bonds is 5. The van der Waals surface area contributed by atoms with Crippen LogP contribution in [0, 0.1) is 0 Å². The van der Waals surface area contributed by atoms with E-state index in [1.54, 1.807) is 0 Å². The summed E-state index contributed by atoms with van der Waals surface area (Å²) in [4.78, 5) is 2.18. The molecule has 0 aliphatic heterocycles. The monoisotopic (exact) mass is 309 g/mol. The molecule has 2 aromatic rings. The van der Waals surface area contributed by atoms with Crippen LogP contribution >= 0.6 is 0 Å². The molecule has 23 heavy (non-hydrogen) atoms. The Kier molecular flexibility index (Phi) is 4.31. The van der Waals surface area contributed by atoms with Crippen molar-refractivity contribution in [3.05, 3.63) is 71.3 Å². The zero-order valence-corrected chi connectivity index (χ0v) is 14.4. The van der Waals surface area contributed by atoms with Crippen LogP contribution in [-0.2, 0) is 17.4 Å². The number of benzene rings is 2. The molecule has 0 heterocycles. The van der Waals surface area contributed by atoms with Crippen molar-refractivity contribution in [2.24, 2.45) is 0 Å². The minimum Gasteiger partial charge on any atom is -0.384 e. The lowest BCUT2D eigenvalue weighted by atomic mass is 9.67. The first-order valence-electron chi connectivity index (χ1n) is 8.48. The van der Waals surface area contributed by atoms with Gasteiger partial charge in [-0.3, -0.25) is 0 Å². The molecule has 1 aliphatic rings. The quantitative estimate of drug-likeness (QED) is 0.909. The highest BCUT2D eigenvalue weighted by Crippen LogP contribution is 2.53. The van der Waals surface area contributed by atoms with Gasteiger partial charge in [0, 0.05) is 5.41 Å². The van der Waals surface area contributed by atoms with Crippen molar-refractivity contribution in [3.8, 4) is 0 Å². The van der Waals surface area contributed by atoms with Crippen molar-refractivity contribution in [3.63, 3.8) is 0 Å². The SMILES string of the molecule is CN(C)CCCC1(O)c2ccccc2CC1(C)c1ccccc1. The van der Waals surface area contributed by atoms with E-state index in [0.717, 1.165) is 31.4 Å². The van der Waals surface area contributed by atoms with E-state index in [0.29, 0.717) is 0 Å². The Morgan fingerprint density at radius 1 is 1.00 bits per heavy atom. The first kappa shape index (κ1) is 16.2. The van der Waals surface area contributed by atoms with Crippen LogP contribution in [0.4, 0.5) is 0 Å². The average molecular weight is 309 g/mol. The van der Waals surface area contributed by atoms with Gasteiger partial charge in [-0.2, -0.15) is 0 Å². The van der Waals surface area contributed by atoms with E-state index in [4.69, 9.17) is 0 Å². The lowest BCUT2D eigenvalue weighted by Crippen LogP contribution is -2.44. The van der Waals surface area contributed by atoms with Crippen LogP contribution in [0.15, 0.2) is 54.6 Å². The van der Waals surface area contributed by atoms with E-state index in [1.165, 1.54) is 11.1 Å². The maximum atomic E-state index is 11.8. The molecule has 0 amide bonds. The van der Waals surface area contributed by atoms with Gasteiger partial charge in [0.2, 0.25) is 0 Å². The number of nitrogens with zero attached hydrogens (tertiary/aromatic N) is 1. The average Bonchev–Trinajstić information content (AvgIpc) is 2.77. The van der Waals surface area contributed by atoms with E-state index >= 15 is 0 Å². The molecule has 2 nitrogen and oxygen atoms in total. The van der Waals surface area contributed by atoms with Crippen molar-refractivity contribution in [1.82, 2.24) is 4.90 Å². The second-order valence-corrected chi connectivity index (χ2v) is 7.30. The molecule has 0 aromatic heterocycles. The van der Waals surface area contributed by atoms with E-state index in [2.05, 4.69) is 68.4 Å². The van der Waals surface area contributed by atoms with Gasteiger partial charge in [-0.1, -0.05) is 61.5 Å². The number of hydrogen-bond donors (Lipinski definition) is 1. The van der Waals surface area contributed by atoms with Crippen LogP contribution in [0.2, 0.25) is 0 Å². The van der Waals surface area contributed by atoms with Crippen molar-refractivity contribution >= 4 is 0 Å². The standard InChI is InChI=1S/C21H27NO/c1-20(18-11-5-4-6-12-18)16-17-10-7-8-13-19(17)21(20,23)14-9-15-22(2)3/h4-8,10-13,23H,9,14-16H2,1-3H3. The summed E-state index contributed by atoms with van der Waals surface area (Å²) in [7, 11) is 4.17. The Balaban J connectivity index is 2.02. The molecule has 2 heteroatoms. The molecule has 2 aromatic carbocycles. The fourth-order valence-electron chi connectivity index (χ4n) is 4.11. The predicted octanol–water partition coefficient (Wildman–Crippen LogP) is 3.73. The van der Waals surface area contributed by atoms with E-state index in [1.807, 2.05) is 12.1 Å². The van der Waals surface area contributed by atoms with Gasteiger partial charge in [0.15, 0.2) is 0 Å². The third kappa shape index (κ3) is 2.71. The second-order valence-electron chi connectivity index (χ2n) is 7.30. The predicted molar refractivity (Wildman–Crippen MR) is 95.6 cm³/mol. The molecule has 0 saturated carbocycles. The molecule has 2 atom stereocenters. The lowest BCUT2D eigenvalue weighted by molar-refractivity contribution is -0.0367. The van der Waals surface area contributed by atoms with Crippen molar-refractivity contribution in [2.45, 2.75) is 37.2 Å². The lowest BCUT2D eigenvalue weighted by Gasteiger charge is -2.41. The molecular formula is C21H27NO. The van der Waals surface area contributed by atoms with Gasteiger partial charge in [0.25, 0.3) is 0 Å². The van der Waals surface area contributed by atoms with Crippen molar-refractivity contribution in [2.75, 3.05) is 20.6 Å². The molecule has 0 fully saturated rings. The Morgan fingerprint density at radius 3 is 2.35 bits per heavy atom. The Labute approximate surface area is 139 Å². The summed E-state index contributed by atoms with van der Waals surface area (Å²) >= 11 is 0. The maximum Gasteiger partial charge on any atom is 0.0996 e. The zero-order chi connectivity index (χ0) is 16.5. The first-order chi connectivity index (χ1) is 11.0. The smallest absolute Gasteiger partial charge is 0.0996 e. The zero-order valence-electron chi connectivity index (χ0n) is 14.4. The summed E-state index contributed by atoms with van der Waals surface area (Å²) in [5, 5.41) is 11.8. The summed E-state index contributed by atoms with van der Waals surface area (Å²) in [5.41, 5.74) is 2.55. The highest BCUT2D eigenvalue weighted by molar-refractivity contribution is 5.47. The third-order valence-corrected chi connectivity index (χ3v) is 5.47. The molecule has 1 N–H and O–H groups in total. The van der Waals surface area contributed by atoms with Crippen LogP contribution in [0.25, 0.3) is 0 Å². The Bertz CT molecular complexity index is 667. The largest absolute Gasteiger partial charge is 0.384 e. The minimum absolute atomic E-state index is 0.274. The van der Waals surface area contributed by atoms with Crippen LogP contribution in [0.5, 0.6) is 0 Å². The summed E-state index contributed by atoms with van der Waals surface area (Å²) in [5.74, 6) is 0. The highest BCUT2D eigenvalue weighted by atomic mass is 16.3. The molecule has 1 aliphatic carbocycles. The normalized spacial score (nSPS) is 26.5. The van der Waals surface area contributed by atoms with Crippen LogP contribution in [0.1, 0.15) is 36.5 Å². The molecule has 0 spiro atoms. The van der Waals surface area contributed by atoms with Crippen molar-refractivity contribution in [1.29, 1.82) is 0 Å². The number of aliphatic hydroxyl groups is 1. The summed E-state index contributed by atoms with van der Waals surface area (Å²) in [6, 6.07) is 18.9. The topological polar surface area (TPSA) is 23.5 Å². The third-order valence-electron chi connectivity index (χ3n) is 5.47. The highest BCUT2D eigenvalue weighted by Gasteiger charge is 2.54. The fraction of sp³-hybridized carbons (Fsp3) is 0.429. The summed E-state index contributed by atoms with van der Waals surface area (Å²) < 4.78 is 0. The minimum atomic E-state index is -0.805. The van der Waals surface area contributed by atoms with Crippen LogP contribution < -0.4 is 0 Å². The van der Waals surface area contributed by atoms with E-state index in [9.17, 15) is 5.11 Å². The van der Waals surface area contributed by atoms with E-state index < -0.39 is 5.60 Å². The van der Waals surface area contributed by atoms with Crippen molar-refractivity contribution < 1.29 is 5.11 Å². The van der Waals surface area contributed by atoms with Gasteiger partial charge in [-0.05, 0) is 56.6 Å². The summed E-state index contributed by atoms with van der Waals surface area (Å²) in [6.07, 6.45) is 2.67. The molecule has 2 unspecified atom stereocenters. The van der Waals surface area contributed by atoms with Gasteiger partial charge in [-0.25, -0.2) is 0 Å².